The van der Waals surface area contributed by atoms with Gasteiger partial charge in [0.15, 0.2) is 16.6 Å². The Morgan fingerprint density at radius 1 is 0.783 bits per heavy atom. The Morgan fingerprint density at radius 3 is 1.20 bits per heavy atom. The predicted molar refractivity (Wildman–Crippen MR) is 199 cm³/mol. The third kappa shape index (κ3) is 53.6. The standard InChI is InChI=1S/C7H17O3PSi.C5H15OPSi.C3H5ClO2.2C3H7O4P.C2H6.2CH4/c1-6-7(8)11(2,9)10-12(3,4)5;1-7(2)6-8(3,4)5;1-2-6-3(4)5;1-3(4)8(5,6)7-2;1-2-3(4)8(5,6)7;1-2;;/h6H2,1-5H3;1-5H3;2H2,1H3;1-2H3,(H,5,6);2H2,1H3,(H2,5,6,7);1-2H3;2*1H4. The molecular weight excluding hydrogens is 740 g/mol. The Morgan fingerprint density at radius 2 is 1.13 bits per heavy atom. The summed E-state index contributed by atoms with van der Waals surface area (Å²) in [6, 6.07) is 0. The zero-order valence-corrected chi connectivity index (χ0v) is 35.5. The van der Waals surface area contributed by atoms with Crippen molar-refractivity contribution in [3.8, 4) is 0 Å². The van der Waals surface area contributed by atoms with E-state index in [1.54, 1.807) is 13.8 Å². The van der Waals surface area contributed by atoms with Gasteiger partial charge in [0.25, 0.3) is 7.37 Å². The van der Waals surface area contributed by atoms with Crippen LogP contribution >= 0.6 is 42.3 Å². The fourth-order valence-electron chi connectivity index (χ4n) is 1.86. The molecule has 46 heavy (non-hydrogen) atoms. The molecule has 0 bridgehead atoms. The zero-order chi connectivity index (χ0) is 37.3. The third-order valence-corrected chi connectivity index (χ3v) is 14.0. The minimum Gasteiger partial charge on any atom is -0.454 e. The molecule has 0 saturated carbocycles. The summed E-state index contributed by atoms with van der Waals surface area (Å²) in [4.78, 5) is 65.3. The summed E-state index contributed by atoms with van der Waals surface area (Å²) in [7, 11) is -13.4. The van der Waals surface area contributed by atoms with Crippen molar-refractivity contribution in [3.63, 3.8) is 0 Å². The van der Waals surface area contributed by atoms with Crippen molar-refractivity contribution in [2.45, 2.75) is 109 Å². The SMILES string of the molecule is C.C.CC.CCC(=O)P(=O)(O)O.CCC(=O)P(C)(=O)O[Si](C)(C)C.CCOC(=O)Cl.COP(=O)(O)C(C)=O.CP(C)O[Si](C)(C)C. The summed E-state index contributed by atoms with van der Waals surface area (Å²) >= 11 is 4.72. The lowest BCUT2D eigenvalue weighted by atomic mass is 10.6. The number of halogens is 1. The van der Waals surface area contributed by atoms with Crippen LogP contribution in [0.15, 0.2) is 0 Å². The first-order valence-corrected chi connectivity index (χ1v) is 28.0. The second kappa shape index (κ2) is 32.3. The first-order valence-electron chi connectivity index (χ1n) is 13.4. The normalized spacial score (nSPS) is 12.8. The van der Waals surface area contributed by atoms with Crippen LogP contribution in [-0.2, 0) is 45.8 Å². The van der Waals surface area contributed by atoms with Crippen molar-refractivity contribution in [2.24, 2.45) is 0 Å². The van der Waals surface area contributed by atoms with Gasteiger partial charge in [-0.25, -0.2) is 4.79 Å². The number of hydrogen-bond acceptors (Lipinski definition) is 11. The van der Waals surface area contributed by atoms with Crippen LogP contribution in [0.25, 0.3) is 0 Å². The zero-order valence-electron chi connectivity index (χ0n) is 29.1. The Labute approximate surface area is 287 Å². The summed E-state index contributed by atoms with van der Waals surface area (Å²) < 4.78 is 50.9. The first-order chi connectivity index (χ1) is 19.4. The molecule has 3 N–H and O–H groups in total. The lowest BCUT2D eigenvalue weighted by Gasteiger charge is -2.21. The summed E-state index contributed by atoms with van der Waals surface area (Å²) in [6.07, 6.45) is 0.183. The van der Waals surface area contributed by atoms with Gasteiger partial charge in [0.2, 0.25) is 16.6 Å². The smallest absolute Gasteiger partial charge is 0.403 e. The molecule has 0 aliphatic rings. The fraction of sp³-hybridized carbons (Fsp3) is 0.840. The van der Waals surface area contributed by atoms with Gasteiger partial charge in [0, 0.05) is 53.3 Å². The second-order valence-corrected chi connectivity index (χ2v) is 27.7. The molecule has 0 saturated heterocycles. The highest BCUT2D eigenvalue weighted by Gasteiger charge is 2.31. The second-order valence-electron chi connectivity index (χ2n) is 10.00. The number of rotatable bonds is 11. The monoisotopic (exact) mass is 804 g/mol. The first kappa shape index (κ1) is 64.6. The summed E-state index contributed by atoms with van der Waals surface area (Å²) in [5.74, 6) is 0. The van der Waals surface area contributed by atoms with Crippen molar-refractivity contribution < 1.29 is 65.2 Å². The molecule has 2 atom stereocenters. The van der Waals surface area contributed by atoms with E-state index in [4.69, 9.17) is 34.7 Å². The maximum atomic E-state index is 11.6. The number of carbonyl (C=O) groups excluding carboxylic acids is 4. The van der Waals surface area contributed by atoms with Crippen LogP contribution in [0.1, 0.15) is 69.2 Å². The van der Waals surface area contributed by atoms with E-state index in [-0.39, 0.29) is 41.4 Å². The van der Waals surface area contributed by atoms with E-state index in [0.29, 0.717) is 6.61 Å². The molecule has 0 aliphatic carbocycles. The van der Waals surface area contributed by atoms with Gasteiger partial charge in [-0.05, 0) is 59.5 Å². The Bertz CT molecular complexity index is 963. The fourth-order valence-corrected chi connectivity index (χ4v) is 12.2. The molecule has 0 aromatic carbocycles. The van der Waals surface area contributed by atoms with Crippen molar-refractivity contribution in [1.82, 2.24) is 0 Å². The molecule has 2 unspecified atom stereocenters. The molecule has 0 heterocycles. The lowest BCUT2D eigenvalue weighted by molar-refractivity contribution is -0.113. The minimum absolute atomic E-state index is 0. The van der Waals surface area contributed by atoms with E-state index in [0.717, 1.165) is 14.0 Å². The van der Waals surface area contributed by atoms with Crippen molar-refractivity contribution in [2.75, 3.05) is 33.7 Å². The Balaban J connectivity index is -0.0000000648. The molecule has 0 aromatic rings. The molecule has 0 rings (SSSR count). The molecule has 0 radical (unpaired) electrons. The van der Waals surface area contributed by atoms with Gasteiger partial charge in [-0.3, -0.25) is 28.1 Å². The lowest BCUT2D eigenvalue weighted by Crippen LogP contribution is -2.25. The molecular formula is C25H65ClO14P4Si2. The van der Waals surface area contributed by atoms with Gasteiger partial charge in [-0.1, -0.05) is 42.5 Å². The van der Waals surface area contributed by atoms with Gasteiger partial charge in [0.1, 0.15) is 0 Å². The molecule has 14 nitrogen and oxygen atoms in total. The highest BCUT2D eigenvalue weighted by molar-refractivity contribution is 7.76. The molecule has 0 amide bonds. The minimum atomic E-state index is -4.40. The molecule has 284 valence electrons. The van der Waals surface area contributed by atoms with Crippen LogP contribution in [0.3, 0.4) is 0 Å². The summed E-state index contributed by atoms with van der Waals surface area (Å²) in [6.45, 7) is 28.3. The highest BCUT2D eigenvalue weighted by atomic mass is 35.5. The quantitative estimate of drug-likeness (QED) is 0.101. The third-order valence-electron chi connectivity index (χ3n) is 3.19. The number of carbonyl (C=O) groups is 4. The summed E-state index contributed by atoms with van der Waals surface area (Å²) in [5, 5.41) is 0. The van der Waals surface area contributed by atoms with Crippen molar-refractivity contribution >= 4 is 80.9 Å². The van der Waals surface area contributed by atoms with Gasteiger partial charge in [0.05, 0.1) is 6.61 Å². The maximum absolute atomic E-state index is 11.6. The number of hydrogen-bond donors (Lipinski definition) is 3. The van der Waals surface area contributed by atoms with Crippen molar-refractivity contribution in [3.05, 3.63) is 0 Å². The Hall–Kier alpha value is 0.0838. The van der Waals surface area contributed by atoms with Gasteiger partial charge < -0.3 is 32.4 Å². The Kier molecular flexibility index (Phi) is 45.3. The highest BCUT2D eigenvalue weighted by Crippen LogP contribution is 2.47. The summed E-state index contributed by atoms with van der Waals surface area (Å²) in [5.41, 5.74) is -2.83. The predicted octanol–water partition coefficient (Wildman–Crippen LogP) is 9.32. The van der Waals surface area contributed by atoms with E-state index in [1.165, 1.54) is 13.6 Å². The average Bonchev–Trinajstić information content (AvgIpc) is 2.82. The van der Waals surface area contributed by atoms with Crippen LogP contribution < -0.4 is 0 Å². The molecule has 21 heteroatoms. The maximum Gasteiger partial charge on any atom is 0.403 e. The molecule has 0 aliphatic heterocycles. The number of ether oxygens (including phenoxy) is 1. The topological polar surface area (TPSA) is 217 Å². The molecule has 0 fully saturated rings. The van der Waals surface area contributed by atoms with Gasteiger partial charge in [-0.15, -0.1) is 0 Å². The van der Waals surface area contributed by atoms with E-state index < -0.39 is 55.7 Å². The van der Waals surface area contributed by atoms with Crippen LogP contribution in [-0.4, -0.2) is 87.0 Å². The molecule has 0 spiro atoms. The van der Waals surface area contributed by atoms with Crippen LogP contribution in [0.5, 0.6) is 0 Å². The van der Waals surface area contributed by atoms with E-state index in [9.17, 15) is 32.9 Å². The van der Waals surface area contributed by atoms with Gasteiger partial charge >= 0.3 is 20.6 Å². The van der Waals surface area contributed by atoms with Crippen LogP contribution in [0.2, 0.25) is 39.3 Å². The van der Waals surface area contributed by atoms with E-state index in [2.05, 4.69) is 42.2 Å². The average molecular weight is 805 g/mol. The van der Waals surface area contributed by atoms with Crippen molar-refractivity contribution in [1.29, 1.82) is 0 Å². The van der Waals surface area contributed by atoms with Gasteiger partial charge in [-0.2, -0.15) is 0 Å². The van der Waals surface area contributed by atoms with E-state index in [1.807, 2.05) is 33.5 Å². The largest absolute Gasteiger partial charge is 0.454 e. The molecule has 0 aromatic heterocycles. The van der Waals surface area contributed by atoms with Crippen LogP contribution in [0, 0.1) is 0 Å². The van der Waals surface area contributed by atoms with E-state index >= 15 is 0 Å². The van der Waals surface area contributed by atoms with Crippen LogP contribution in [0.4, 0.5) is 4.79 Å².